The number of carbonyl (C=O) groups is 1. The van der Waals surface area contributed by atoms with Crippen LogP contribution in [0.25, 0.3) is 11.3 Å². The van der Waals surface area contributed by atoms with Crippen molar-refractivity contribution in [2.45, 2.75) is 39.7 Å². The van der Waals surface area contributed by atoms with Gasteiger partial charge in [-0.05, 0) is 26.0 Å². The summed E-state index contributed by atoms with van der Waals surface area (Å²) in [5.41, 5.74) is 1.80. The Balaban J connectivity index is 1.49. The second-order valence-electron chi connectivity index (χ2n) is 6.16. The van der Waals surface area contributed by atoms with Crippen LogP contribution in [0.1, 0.15) is 30.8 Å². The molecule has 0 radical (unpaired) electrons. The molecular weight excluding hydrogens is 410 g/mol. The molecule has 0 bridgehead atoms. The number of nitrogens with one attached hydrogen (secondary N) is 1. The minimum Gasteiger partial charge on any atom is -0.440 e. The molecular formula is C19H22BrN5O2. The van der Waals surface area contributed by atoms with Crippen molar-refractivity contribution in [2.24, 2.45) is 0 Å². The maximum absolute atomic E-state index is 12.1. The Kier molecular flexibility index (Phi) is 6.39. The van der Waals surface area contributed by atoms with E-state index >= 15 is 0 Å². The summed E-state index contributed by atoms with van der Waals surface area (Å²) in [7, 11) is 0. The highest BCUT2D eigenvalue weighted by atomic mass is 79.9. The van der Waals surface area contributed by atoms with Gasteiger partial charge in [-0.3, -0.25) is 4.79 Å². The second-order valence-corrected chi connectivity index (χ2v) is 7.08. The van der Waals surface area contributed by atoms with Crippen LogP contribution >= 0.6 is 15.9 Å². The van der Waals surface area contributed by atoms with Crippen LogP contribution in [0.4, 0.5) is 0 Å². The molecule has 0 aliphatic carbocycles. The summed E-state index contributed by atoms with van der Waals surface area (Å²) in [4.78, 5) is 16.5. The van der Waals surface area contributed by atoms with E-state index in [4.69, 9.17) is 4.42 Å². The molecule has 2 aromatic heterocycles. The highest BCUT2D eigenvalue weighted by Crippen LogP contribution is 2.26. The van der Waals surface area contributed by atoms with Crippen molar-refractivity contribution in [3.63, 3.8) is 0 Å². The van der Waals surface area contributed by atoms with Gasteiger partial charge in [-0.1, -0.05) is 28.1 Å². The molecule has 27 heavy (non-hydrogen) atoms. The number of nitrogens with zero attached hydrogens (tertiary/aromatic N) is 4. The zero-order chi connectivity index (χ0) is 19.2. The lowest BCUT2D eigenvalue weighted by Gasteiger charge is -2.05. The molecule has 1 amide bonds. The van der Waals surface area contributed by atoms with Crippen molar-refractivity contribution in [1.29, 1.82) is 0 Å². The van der Waals surface area contributed by atoms with Crippen LogP contribution in [0.5, 0.6) is 0 Å². The van der Waals surface area contributed by atoms with Crippen LogP contribution in [0.2, 0.25) is 0 Å². The predicted octanol–water partition coefficient (Wildman–Crippen LogP) is 3.32. The van der Waals surface area contributed by atoms with Gasteiger partial charge in [0.05, 0.1) is 5.69 Å². The third kappa shape index (κ3) is 5.03. The topological polar surface area (TPSA) is 85.8 Å². The number of hydrogen-bond donors (Lipinski definition) is 1. The third-order valence-electron chi connectivity index (χ3n) is 4.22. The molecule has 3 aromatic rings. The van der Waals surface area contributed by atoms with Crippen molar-refractivity contribution in [3.8, 4) is 11.3 Å². The second kappa shape index (κ2) is 8.94. The molecule has 2 heterocycles. The minimum absolute atomic E-state index is 0.0291. The molecule has 0 atom stereocenters. The van der Waals surface area contributed by atoms with E-state index in [0.29, 0.717) is 31.7 Å². The zero-order valence-electron chi connectivity index (χ0n) is 15.4. The van der Waals surface area contributed by atoms with Crippen molar-refractivity contribution < 1.29 is 9.21 Å². The van der Waals surface area contributed by atoms with Gasteiger partial charge < -0.3 is 14.3 Å². The lowest BCUT2D eigenvalue weighted by molar-refractivity contribution is -0.121. The Morgan fingerprint density at radius 3 is 2.78 bits per heavy atom. The first-order valence-electron chi connectivity index (χ1n) is 8.92. The SMILES string of the molecule is CCn1cnnc1CCNC(=O)CCc1nc(C)c(-c2ccc(Br)cc2)o1. The zero-order valence-corrected chi connectivity index (χ0v) is 17.0. The standard InChI is InChI=1S/C19H22BrN5O2/c1-3-25-12-22-24-16(25)10-11-21-17(26)8-9-18-23-13(2)19(27-18)14-4-6-15(20)7-5-14/h4-7,12H,3,8-11H2,1-2H3,(H,21,26). The van der Waals surface area contributed by atoms with Crippen LogP contribution in [0, 0.1) is 6.92 Å². The van der Waals surface area contributed by atoms with E-state index in [1.807, 2.05) is 42.7 Å². The van der Waals surface area contributed by atoms with E-state index in [1.165, 1.54) is 0 Å². The van der Waals surface area contributed by atoms with E-state index in [0.717, 1.165) is 33.9 Å². The van der Waals surface area contributed by atoms with Gasteiger partial charge in [0.15, 0.2) is 11.7 Å². The number of benzene rings is 1. The van der Waals surface area contributed by atoms with E-state index in [9.17, 15) is 4.79 Å². The van der Waals surface area contributed by atoms with E-state index in [1.54, 1.807) is 6.33 Å². The smallest absolute Gasteiger partial charge is 0.220 e. The van der Waals surface area contributed by atoms with Gasteiger partial charge in [0, 0.05) is 42.4 Å². The van der Waals surface area contributed by atoms with Crippen molar-refractivity contribution in [1.82, 2.24) is 25.1 Å². The number of amides is 1. The Morgan fingerprint density at radius 1 is 1.26 bits per heavy atom. The predicted molar refractivity (Wildman–Crippen MR) is 105 cm³/mol. The number of rotatable bonds is 8. The van der Waals surface area contributed by atoms with Gasteiger partial charge in [-0.2, -0.15) is 0 Å². The fourth-order valence-corrected chi connectivity index (χ4v) is 3.05. The third-order valence-corrected chi connectivity index (χ3v) is 4.75. The maximum Gasteiger partial charge on any atom is 0.220 e. The lowest BCUT2D eigenvalue weighted by Crippen LogP contribution is -2.26. The van der Waals surface area contributed by atoms with Gasteiger partial charge in [-0.25, -0.2) is 4.98 Å². The molecule has 1 N–H and O–H groups in total. The molecule has 0 aliphatic heterocycles. The Labute approximate surface area is 166 Å². The average molecular weight is 432 g/mol. The number of halogens is 1. The number of hydrogen-bond acceptors (Lipinski definition) is 5. The van der Waals surface area contributed by atoms with E-state index in [2.05, 4.69) is 36.4 Å². The normalized spacial score (nSPS) is 10.9. The molecule has 1 aromatic carbocycles. The van der Waals surface area contributed by atoms with Crippen molar-refractivity contribution >= 4 is 21.8 Å². The van der Waals surface area contributed by atoms with E-state index in [-0.39, 0.29) is 5.91 Å². The molecule has 142 valence electrons. The number of oxazole rings is 1. The summed E-state index contributed by atoms with van der Waals surface area (Å²) in [5, 5.41) is 10.8. The van der Waals surface area contributed by atoms with Gasteiger partial charge in [0.2, 0.25) is 5.91 Å². The number of carbonyl (C=O) groups excluding carboxylic acids is 1. The first-order valence-corrected chi connectivity index (χ1v) is 9.71. The lowest BCUT2D eigenvalue weighted by atomic mass is 10.1. The molecule has 0 unspecified atom stereocenters. The fourth-order valence-electron chi connectivity index (χ4n) is 2.79. The summed E-state index contributed by atoms with van der Waals surface area (Å²) in [6.45, 7) is 5.30. The molecule has 7 nitrogen and oxygen atoms in total. The molecule has 0 saturated heterocycles. The summed E-state index contributed by atoms with van der Waals surface area (Å²) >= 11 is 3.42. The summed E-state index contributed by atoms with van der Waals surface area (Å²) in [6, 6.07) is 7.87. The van der Waals surface area contributed by atoms with E-state index < -0.39 is 0 Å². The molecule has 0 spiro atoms. The maximum atomic E-state index is 12.1. The van der Waals surface area contributed by atoms with Gasteiger partial charge >= 0.3 is 0 Å². The highest BCUT2D eigenvalue weighted by molar-refractivity contribution is 9.10. The Bertz CT molecular complexity index is 901. The molecule has 8 heteroatoms. The quantitative estimate of drug-likeness (QED) is 0.590. The van der Waals surface area contributed by atoms with Gasteiger partial charge in [0.1, 0.15) is 12.2 Å². The Hall–Kier alpha value is -2.48. The summed E-state index contributed by atoms with van der Waals surface area (Å²) < 4.78 is 8.83. The first-order chi connectivity index (χ1) is 13.1. The molecule has 0 saturated carbocycles. The minimum atomic E-state index is -0.0291. The fraction of sp³-hybridized carbons (Fsp3) is 0.368. The number of aromatic nitrogens is 4. The molecule has 3 rings (SSSR count). The van der Waals surface area contributed by atoms with Crippen LogP contribution in [0.15, 0.2) is 39.5 Å². The summed E-state index contributed by atoms with van der Waals surface area (Å²) in [6.07, 6.45) is 3.16. The highest BCUT2D eigenvalue weighted by Gasteiger charge is 2.13. The monoisotopic (exact) mass is 431 g/mol. The van der Waals surface area contributed by atoms with Gasteiger partial charge in [0.25, 0.3) is 0 Å². The van der Waals surface area contributed by atoms with Crippen molar-refractivity contribution in [3.05, 3.63) is 52.5 Å². The molecule has 0 fully saturated rings. The van der Waals surface area contributed by atoms with Crippen LogP contribution in [-0.4, -0.2) is 32.2 Å². The number of aryl methyl sites for hydroxylation is 3. The van der Waals surface area contributed by atoms with Crippen LogP contribution in [0.3, 0.4) is 0 Å². The van der Waals surface area contributed by atoms with Gasteiger partial charge in [-0.15, -0.1) is 10.2 Å². The van der Waals surface area contributed by atoms with Crippen LogP contribution in [-0.2, 0) is 24.2 Å². The summed E-state index contributed by atoms with van der Waals surface area (Å²) in [5.74, 6) is 2.17. The Morgan fingerprint density at radius 2 is 2.04 bits per heavy atom. The largest absolute Gasteiger partial charge is 0.440 e. The first kappa shape index (κ1) is 19.3. The van der Waals surface area contributed by atoms with Crippen LogP contribution < -0.4 is 5.32 Å². The molecule has 0 aliphatic rings. The average Bonchev–Trinajstić information content (AvgIpc) is 3.27. The van der Waals surface area contributed by atoms with Crippen molar-refractivity contribution in [2.75, 3.05) is 6.54 Å².